The molecule has 1 aromatic carbocycles. The van der Waals surface area contributed by atoms with Gasteiger partial charge in [0.05, 0.1) is 11.2 Å². The van der Waals surface area contributed by atoms with Gasteiger partial charge in [-0.15, -0.1) is 0 Å². The van der Waals surface area contributed by atoms with Crippen LogP contribution in [0.2, 0.25) is 0 Å². The molecule has 2 heterocycles. The van der Waals surface area contributed by atoms with Crippen LogP contribution in [0.4, 0.5) is 0 Å². The molecule has 106 valence electrons. The molecule has 0 saturated carbocycles. The average molecular weight is 280 g/mol. The van der Waals surface area contributed by atoms with Gasteiger partial charge in [-0.1, -0.05) is 18.2 Å². The standard InChI is InChI=1S/C16H16N4O/c1-10-7-14(19-13-6-4-3-5-12(10)13)16-18-11(9-17-2)8-15(21)20-16/h3-8,17H,9H2,1-2H3,(H,18,20,21). The first-order chi connectivity index (χ1) is 10.2. The Labute approximate surface area is 122 Å². The summed E-state index contributed by atoms with van der Waals surface area (Å²) in [5, 5.41) is 4.10. The van der Waals surface area contributed by atoms with Gasteiger partial charge in [0, 0.05) is 18.0 Å². The predicted octanol–water partition coefficient (Wildman–Crippen LogP) is 2.01. The zero-order chi connectivity index (χ0) is 14.8. The van der Waals surface area contributed by atoms with E-state index in [1.54, 1.807) is 0 Å². The first-order valence-electron chi connectivity index (χ1n) is 6.79. The maximum Gasteiger partial charge on any atom is 0.251 e. The second-order valence-electron chi connectivity index (χ2n) is 4.96. The fraction of sp³-hybridized carbons (Fsp3) is 0.188. The minimum absolute atomic E-state index is 0.169. The maximum absolute atomic E-state index is 11.8. The van der Waals surface area contributed by atoms with Gasteiger partial charge < -0.3 is 10.3 Å². The van der Waals surface area contributed by atoms with E-state index in [-0.39, 0.29) is 5.56 Å². The van der Waals surface area contributed by atoms with E-state index in [1.807, 2.05) is 44.3 Å². The molecule has 3 aromatic rings. The number of benzene rings is 1. The van der Waals surface area contributed by atoms with Gasteiger partial charge in [-0.05, 0) is 31.7 Å². The molecule has 0 radical (unpaired) electrons. The molecule has 5 heteroatoms. The first-order valence-corrected chi connectivity index (χ1v) is 6.79. The molecule has 0 bridgehead atoms. The molecule has 5 nitrogen and oxygen atoms in total. The van der Waals surface area contributed by atoms with Crippen LogP contribution in [0.5, 0.6) is 0 Å². The lowest BCUT2D eigenvalue weighted by Crippen LogP contribution is -2.15. The van der Waals surface area contributed by atoms with Crippen molar-refractivity contribution in [2.24, 2.45) is 0 Å². The molecule has 0 unspecified atom stereocenters. The highest BCUT2D eigenvalue weighted by molar-refractivity contribution is 5.84. The van der Waals surface area contributed by atoms with Gasteiger partial charge in [0.2, 0.25) is 0 Å². The number of H-pyrrole nitrogens is 1. The molecule has 0 atom stereocenters. The van der Waals surface area contributed by atoms with Crippen LogP contribution in [0.1, 0.15) is 11.3 Å². The number of aryl methyl sites for hydroxylation is 1. The number of hydrogen-bond acceptors (Lipinski definition) is 4. The minimum Gasteiger partial charge on any atom is -0.314 e. The fourth-order valence-corrected chi connectivity index (χ4v) is 2.37. The van der Waals surface area contributed by atoms with Crippen LogP contribution in [-0.2, 0) is 6.54 Å². The van der Waals surface area contributed by atoms with Crippen molar-refractivity contribution in [1.29, 1.82) is 0 Å². The summed E-state index contributed by atoms with van der Waals surface area (Å²) < 4.78 is 0. The normalized spacial score (nSPS) is 11.0. The Morgan fingerprint density at radius 1 is 1.19 bits per heavy atom. The van der Waals surface area contributed by atoms with E-state index in [1.165, 1.54) is 6.07 Å². The zero-order valence-corrected chi connectivity index (χ0v) is 12.0. The van der Waals surface area contributed by atoms with Crippen molar-refractivity contribution in [2.45, 2.75) is 13.5 Å². The Hall–Kier alpha value is -2.53. The lowest BCUT2D eigenvalue weighted by atomic mass is 10.1. The lowest BCUT2D eigenvalue weighted by molar-refractivity contribution is 0.784. The van der Waals surface area contributed by atoms with Crippen molar-refractivity contribution in [3.8, 4) is 11.5 Å². The fourth-order valence-electron chi connectivity index (χ4n) is 2.37. The van der Waals surface area contributed by atoms with E-state index < -0.39 is 0 Å². The molecule has 0 aliphatic carbocycles. The summed E-state index contributed by atoms with van der Waals surface area (Å²) in [7, 11) is 1.82. The smallest absolute Gasteiger partial charge is 0.251 e. The van der Waals surface area contributed by atoms with Crippen LogP contribution in [0, 0.1) is 6.92 Å². The Balaban J connectivity index is 2.18. The number of aromatic amines is 1. The average Bonchev–Trinajstić information content (AvgIpc) is 2.47. The molecule has 21 heavy (non-hydrogen) atoms. The summed E-state index contributed by atoms with van der Waals surface area (Å²) in [6, 6.07) is 11.4. The molecule has 2 N–H and O–H groups in total. The Morgan fingerprint density at radius 3 is 2.81 bits per heavy atom. The lowest BCUT2D eigenvalue weighted by Gasteiger charge is -2.07. The van der Waals surface area contributed by atoms with Gasteiger partial charge in [-0.3, -0.25) is 4.79 Å². The van der Waals surface area contributed by atoms with Gasteiger partial charge in [0.25, 0.3) is 5.56 Å². The number of para-hydroxylation sites is 1. The second-order valence-corrected chi connectivity index (χ2v) is 4.96. The van der Waals surface area contributed by atoms with Crippen molar-refractivity contribution in [2.75, 3.05) is 7.05 Å². The summed E-state index contributed by atoms with van der Waals surface area (Å²) in [5.41, 5.74) is 3.22. The van der Waals surface area contributed by atoms with Crippen LogP contribution in [0.3, 0.4) is 0 Å². The number of nitrogens with zero attached hydrogens (tertiary/aromatic N) is 2. The van der Waals surface area contributed by atoms with Gasteiger partial charge in [-0.2, -0.15) is 0 Å². The molecule has 3 rings (SSSR count). The summed E-state index contributed by atoms with van der Waals surface area (Å²) >= 11 is 0. The van der Waals surface area contributed by atoms with E-state index in [0.717, 1.165) is 16.5 Å². The highest BCUT2D eigenvalue weighted by Gasteiger charge is 2.08. The van der Waals surface area contributed by atoms with Crippen LogP contribution in [0.25, 0.3) is 22.4 Å². The topological polar surface area (TPSA) is 70.7 Å². The van der Waals surface area contributed by atoms with Crippen molar-refractivity contribution in [3.63, 3.8) is 0 Å². The first kappa shape index (κ1) is 13.5. The van der Waals surface area contributed by atoms with E-state index in [0.29, 0.717) is 23.8 Å². The third-order valence-electron chi connectivity index (χ3n) is 3.32. The summed E-state index contributed by atoms with van der Waals surface area (Å²) in [6.07, 6.45) is 0. The number of pyridine rings is 1. The number of rotatable bonds is 3. The summed E-state index contributed by atoms with van der Waals surface area (Å²) in [6.45, 7) is 2.58. The zero-order valence-electron chi connectivity index (χ0n) is 12.0. The molecule has 0 spiro atoms. The Bertz CT molecular complexity index is 854. The SMILES string of the molecule is CNCc1cc(=O)[nH]c(-c2cc(C)c3ccccc3n2)n1. The molecular formula is C16H16N4O. The number of fused-ring (bicyclic) bond motifs is 1. The Morgan fingerprint density at radius 2 is 2.00 bits per heavy atom. The molecule has 0 fully saturated rings. The van der Waals surface area contributed by atoms with E-state index >= 15 is 0 Å². The minimum atomic E-state index is -0.169. The quantitative estimate of drug-likeness (QED) is 0.770. The van der Waals surface area contributed by atoms with Crippen LogP contribution in [0.15, 0.2) is 41.2 Å². The third-order valence-corrected chi connectivity index (χ3v) is 3.32. The van der Waals surface area contributed by atoms with Gasteiger partial charge >= 0.3 is 0 Å². The molecular weight excluding hydrogens is 264 g/mol. The van der Waals surface area contributed by atoms with Gasteiger partial charge in [0.1, 0.15) is 5.69 Å². The largest absolute Gasteiger partial charge is 0.314 e. The van der Waals surface area contributed by atoms with E-state index in [9.17, 15) is 4.79 Å². The van der Waals surface area contributed by atoms with Crippen molar-refractivity contribution >= 4 is 10.9 Å². The van der Waals surface area contributed by atoms with E-state index in [2.05, 4.69) is 20.3 Å². The summed E-state index contributed by atoms with van der Waals surface area (Å²) in [5.74, 6) is 0.501. The highest BCUT2D eigenvalue weighted by atomic mass is 16.1. The molecule has 0 aliphatic heterocycles. The third kappa shape index (κ3) is 2.68. The highest BCUT2D eigenvalue weighted by Crippen LogP contribution is 2.21. The molecule has 0 amide bonds. The van der Waals surface area contributed by atoms with Crippen molar-refractivity contribution in [3.05, 3.63) is 58.0 Å². The van der Waals surface area contributed by atoms with E-state index in [4.69, 9.17) is 0 Å². The molecule has 0 saturated heterocycles. The van der Waals surface area contributed by atoms with Gasteiger partial charge in [0.15, 0.2) is 5.82 Å². The second kappa shape index (κ2) is 5.46. The molecule has 0 aliphatic rings. The van der Waals surface area contributed by atoms with Crippen molar-refractivity contribution < 1.29 is 0 Å². The number of nitrogens with one attached hydrogen (secondary N) is 2. The number of hydrogen-bond donors (Lipinski definition) is 2. The number of aromatic nitrogens is 3. The van der Waals surface area contributed by atoms with Crippen molar-refractivity contribution in [1.82, 2.24) is 20.3 Å². The molecule has 2 aromatic heterocycles. The van der Waals surface area contributed by atoms with Gasteiger partial charge in [-0.25, -0.2) is 9.97 Å². The van der Waals surface area contributed by atoms with Crippen LogP contribution in [-0.4, -0.2) is 22.0 Å². The summed E-state index contributed by atoms with van der Waals surface area (Å²) in [4.78, 5) is 23.6. The predicted molar refractivity (Wildman–Crippen MR) is 83.1 cm³/mol. The monoisotopic (exact) mass is 280 g/mol. The van der Waals surface area contributed by atoms with Crippen LogP contribution >= 0.6 is 0 Å². The maximum atomic E-state index is 11.8. The Kier molecular flexibility index (Phi) is 3.50. The van der Waals surface area contributed by atoms with Crippen LogP contribution < -0.4 is 10.9 Å².